The van der Waals surface area contributed by atoms with Crippen LogP contribution < -0.4 is 5.32 Å². The molecule has 1 aromatic carbocycles. The van der Waals surface area contributed by atoms with E-state index in [1.165, 1.54) is 6.07 Å². The van der Waals surface area contributed by atoms with Crippen molar-refractivity contribution in [1.82, 2.24) is 10.2 Å². The Bertz CT molecular complexity index is 479. The number of hydrogen-bond donors (Lipinski definition) is 1. The van der Waals surface area contributed by atoms with Gasteiger partial charge in [-0.3, -0.25) is 4.90 Å². The molecule has 0 bridgehead atoms. The van der Waals surface area contributed by atoms with E-state index in [2.05, 4.69) is 5.32 Å². The van der Waals surface area contributed by atoms with Gasteiger partial charge >= 0.3 is 6.18 Å². The van der Waals surface area contributed by atoms with Crippen LogP contribution in [0.1, 0.15) is 24.4 Å². The van der Waals surface area contributed by atoms with E-state index < -0.39 is 30.3 Å². The van der Waals surface area contributed by atoms with E-state index in [1.807, 2.05) is 4.90 Å². The lowest BCUT2D eigenvalue weighted by Gasteiger charge is -2.35. The highest BCUT2D eigenvalue weighted by molar-refractivity contribution is 5.85. The second kappa shape index (κ2) is 9.61. The first kappa shape index (κ1) is 22.4. The van der Waals surface area contributed by atoms with Crippen molar-refractivity contribution < 1.29 is 22.0 Å². The van der Waals surface area contributed by atoms with Crippen molar-refractivity contribution in [2.45, 2.75) is 25.1 Å². The minimum Gasteiger partial charge on any atom is -0.314 e. The van der Waals surface area contributed by atoms with Crippen LogP contribution in [0.5, 0.6) is 0 Å². The van der Waals surface area contributed by atoms with Gasteiger partial charge in [-0.05, 0) is 24.1 Å². The van der Waals surface area contributed by atoms with Crippen LogP contribution in [0.4, 0.5) is 22.0 Å². The van der Waals surface area contributed by atoms with Crippen molar-refractivity contribution in [3.63, 3.8) is 0 Å². The Morgan fingerprint density at radius 2 is 1.65 bits per heavy atom. The minimum absolute atomic E-state index is 0. The number of alkyl halides is 3. The maximum Gasteiger partial charge on any atom is 0.389 e. The van der Waals surface area contributed by atoms with Gasteiger partial charge in [0.2, 0.25) is 0 Å². The molecule has 9 heteroatoms. The van der Waals surface area contributed by atoms with Crippen molar-refractivity contribution in [2.75, 3.05) is 26.2 Å². The Hall–Kier alpha value is -0.630. The van der Waals surface area contributed by atoms with Crippen molar-refractivity contribution in [3.8, 4) is 0 Å². The number of halogens is 7. The Morgan fingerprint density at radius 1 is 1.04 bits per heavy atom. The van der Waals surface area contributed by atoms with Gasteiger partial charge in [0, 0.05) is 38.6 Å². The van der Waals surface area contributed by atoms with Crippen LogP contribution in [0.25, 0.3) is 0 Å². The Kier molecular flexibility index (Phi) is 9.35. The Balaban J connectivity index is 0.00000242. The summed E-state index contributed by atoms with van der Waals surface area (Å²) in [7, 11) is 0. The topological polar surface area (TPSA) is 15.3 Å². The molecular weight excluding hydrogens is 362 g/mol. The molecular formula is C14H19Cl2F5N2. The molecule has 0 aromatic heterocycles. The zero-order chi connectivity index (χ0) is 15.5. The van der Waals surface area contributed by atoms with E-state index in [-0.39, 0.29) is 31.2 Å². The summed E-state index contributed by atoms with van der Waals surface area (Å²) in [6.45, 7) is 2.52. The van der Waals surface area contributed by atoms with Crippen LogP contribution >= 0.6 is 24.8 Å². The van der Waals surface area contributed by atoms with Crippen molar-refractivity contribution >= 4 is 24.8 Å². The average molecular weight is 381 g/mol. The van der Waals surface area contributed by atoms with Crippen molar-refractivity contribution in [3.05, 3.63) is 35.4 Å². The fraction of sp³-hybridized carbons (Fsp3) is 0.571. The molecule has 134 valence electrons. The molecule has 1 aromatic rings. The van der Waals surface area contributed by atoms with E-state index in [4.69, 9.17) is 0 Å². The molecule has 1 atom stereocenters. The lowest BCUT2D eigenvalue weighted by Crippen LogP contribution is -2.45. The number of hydrogen-bond acceptors (Lipinski definition) is 2. The molecule has 0 amide bonds. The second-order valence-electron chi connectivity index (χ2n) is 5.13. The zero-order valence-corrected chi connectivity index (χ0v) is 13.8. The summed E-state index contributed by atoms with van der Waals surface area (Å²) in [6, 6.07) is 2.77. The number of nitrogens with one attached hydrogen (secondary N) is 1. The third kappa shape index (κ3) is 6.79. The smallest absolute Gasteiger partial charge is 0.314 e. The molecule has 1 N–H and O–H groups in total. The summed E-state index contributed by atoms with van der Waals surface area (Å²) in [5, 5.41) is 3.12. The first-order valence-corrected chi connectivity index (χ1v) is 6.83. The summed E-state index contributed by atoms with van der Waals surface area (Å²) in [4.78, 5) is 1.88. The van der Waals surface area contributed by atoms with Gasteiger partial charge in [-0.15, -0.1) is 24.8 Å². The molecule has 23 heavy (non-hydrogen) atoms. The number of benzene rings is 1. The molecule has 0 unspecified atom stereocenters. The molecule has 1 fully saturated rings. The Labute approximate surface area is 144 Å². The lowest BCUT2D eigenvalue weighted by molar-refractivity contribution is -0.138. The molecule has 1 aliphatic rings. The minimum atomic E-state index is -4.26. The molecule has 0 radical (unpaired) electrons. The second-order valence-corrected chi connectivity index (χ2v) is 5.13. The SMILES string of the molecule is Cl.Cl.Fc1ccc([C@@H](CCC(F)(F)F)N2CCNCC2)cc1F. The fourth-order valence-electron chi connectivity index (χ4n) is 2.57. The standard InChI is InChI=1S/C14H17F5N2.2ClH/c15-11-2-1-10(9-12(11)16)13(3-4-14(17,18)19)21-7-5-20-6-8-21;;/h1-2,9,13,20H,3-8H2;2*1H/t13-;;/m1../s1. The maximum atomic E-state index is 13.4. The fourth-order valence-corrected chi connectivity index (χ4v) is 2.57. The number of rotatable bonds is 4. The van der Waals surface area contributed by atoms with Crippen molar-refractivity contribution in [2.24, 2.45) is 0 Å². The van der Waals surface area contributed by atoms with Gasteiger partial charge in [0.25, 0.3) is 0 Å². The van der Waals surface area contributed by atoms with Gasteiger partial charge in [0.05, 0.1) is 0 Å². The predicted octanol–water partition coefficient (Wildman–Crippen LogP) is 4.10. The number of nitrogens with zero attached hydrogens (tertiary/aromatic N) is 1. The molecule has 2 rings (SSSR count). The van der Waals surface area contributed by atoms with Gasteiger partial charge in [0.1, 0.15) is 0 Å². The van der Waals surface area contributed by atoms with Gasteiger partial charge in [0.15, 0.2) is 11.6 Å². The van der Waals surface area contributed by atoms with Crippen LogP contribution in [0.2, 0.25) is 0 Å². The van der Waals surface area contributed by atoms with E-state index >= 15 is 0 Å². The summed E-state index contributed by atoms with van der Waals surface area (Å²) in [6.07, 6.45) is -5.36. The molecule has 2 nitrogen and oxygen atoms in total. The lowest BCUT2D eigenvalue weighted by atomic mass is 9.99. The van der Waals surface area contributed by atoms with E-state index in [1.54, 1.807) is 0 Å². The van der Waals surface area contributed by atoms with E-state index in [9.17, 15) is 22.0 Å². The molecule has 0 spiro atoms. The largest absolute Gasteiger partial charge is 0.389 e. The van der Waals surface area contributed by atoms with Crippen LogP contribution in [0.3, 0.4) is 0 Å². The molecule has 0 aliphatic carbocycles. The first-order chi connectivity index (χ1) is 9.87. The van der Waals surface area contributed by atoms with Gasteiger partial charge < -0.3 is 5.32 Å². The zero-order valence-electron chi connectivity index (χ0n) is 12.2. The summed E-state index contributed by atoms with van der Waals surface area (Å²) in [5.41, 5.74) is 0.389. The predicted molar refractivity (Wildman–Crippen MR) is 83.3 cm³/mol. The molecule has 1 saturated heterocycles. The molecule has 1 aliphatic heterocycles. The van der Waals surface area contributed by atoms with Crippen LogP contribution in [-0.2, 0) is 0 Å². The summed E-state index contributed by atoms with van der Waals surface area (Å²) >= 11 is 0. The van der Waals surface area contributed by atoms with E-state index in [0.29, 0.717) is 31.7 Å². The normalized spacial score (nSPS) is 17.1. The summed E-state index contributed by atoms with van der Waals surface area (Å²) in [5.74, 6) is -2.02. The highest BCUT2D eigenvalue weighted by atomic mass is 35.5. The Morgan fingerprint density at radius 3 is 2.17 bits per heavy atom. The highest BCUT2D eigenvalue weighted by Gasteiger charge is 2.31. The monoisotopic (exact) mass is 380 g/mol. The highest BCUT2D eigenvalue weighted by Crippen LogP contribution is 2.32. The van der Waals surface area contributed by atoms with Crippen molar-refractivity contribution in [1.29, 1.82) is 0 Å². The van der Waals surface area contributed by atoms with Gasteiger partial charge in [-0.2, -0.15) is 13.2 Å². The number of piperazine rings is 1. The van der Waals surface area contributed by atoms with Crippen LogP contribution in [-0.4, -0.2) is 37.3 Å². The molecule has 1 heterocycles. The molecule has 0 saturated carbocycles. The first-order valence-electron chi connectivity index (χ1n) is 6.83. The van der Waals surface area contributed by atoms with Gasteiger partial charge in [-0.1, -0.05) is 6.07 Å². The van der Waals surface area contributed by atoms with Crippen LogP contribution in [0, 0.1) is 11.6 Å². The quantitative estimate of drug-likeness (QED) is 0.791. The van der Waals surface area contributed by atoms with Gasteiger partial charge in [-0.25, -0.2) is 8.78 Å². The van der Waals surface area contributed by atoms with Crippen LogP contribution in [0.15, 0.2) is 18.2 Å². The third-order valence-electron chi connectivity index (χ3n) is 3.62. The average Bonchev–Trinajstić information content (AvgIpc) is 2.43. The van der Waals surface area contributed by atoms with E-state index in [0.717, 1.165) is 12.1 Å². The third-order valence-corrected chi connectivity index (χ3v) is 3.62. The summed E-state index contributed by atoms with van der Waals surface area (Å²) < 4.78 is 63.8. The maximum absolute atomic E-state index is 13.4.